The number of carbonyl (C=O) groups excluding carboxylic acids is 1. The maximum atomic E-state index is 13.0. The molecule has 232 valence electrons. The van der Waals surface area contributed by atoms with E-state index in [0.717, 1.165) is 38.5 Å². The summed E-state index contributed by atoms with van der Waals surface area (Å²) in [6.07, 6.45) is 3.54. The molecule has 44 heavy (non-hydrogen) atoms. The number of carboxylic acids is 2. The number of benzene rings is 4. The molecule has 2 atom stereocenters. The lowest BCUT2D eigenvalue weighted by Crippen LogP contribution is -2.49. The van der Waals surface area contributed by atoms with Gasteiger partial charge in [-0.1, -0.05) is 97.8 Å². The van der Waals surface area contributed by atoms with Crippen LogP contribution in [0.3, 0.4) is 0 Å². The SMILES string of the molecule is O=C(O)COC(C(=O)O)C(OCCCCCc1cccc2ccccc12)C(=O)NCCCCCc1ccc2ccccc2c1. The Morgan fingerprint density at radius 3 is 2.16 bits per heavy atom. The van der Waals surface area contributed by atoms with Crippen LogP contribution in [0.1, 0.15) is 49.7 Å². The van der Waals surface area contributed by atoms with Crippen molar-refractivity contribution in [3.8, 4) is 0 Å². The zero-order valence-corrected chi connectivity index (χ0v) is 25.0. The van der Waals surface area contributed by atoms with Gasteiger partial charge in [-0.15, -0.1) is 0 Å². The number of nitrogens with one attached hydrogen (secondary N) is 1. The highest BCUT2D eigenvalue weighted by Gasteiger charge is 2.36. The van der Waals surface area contributed by atoms with Gasteiger partial charge in [0, 0.05) is 13.2 Å². The van der Waals surface area contributed by atoms with Crippen LogP contribution in [0.15, 0.2) is 84.9 Å². The summed E-state index contributed by atoms with van der Waals surface area (Å²) in [5.74, 6) is -3.39. The van der Waals surface area contributed by atoms with Gasteiger partial charge in [0.2, 0.25) is 0 Å². The minimum atomic E-state index is -1.73. The maximum absolute atomic E-state index is 13.0. The first kappa shape index (κ1) is 32.6. The van der Waals surface area contributed by atoms with E-state index in [4.69, 9.17) is 14.6 Å². The third-order valence-electron chi connectivity index (χ3n) is 7.69. The zero-order valence-electron chi connectivity index (χ0n) is 25.0. The standard InChI is InChI=1S/C36H41NO7/c38-32(39)25-44-34(36(41)42)33(43-23-10-2-4-14-28-17-11-18-29-15-7-8-19-31(28)29)35(40)37-22-9-1-3-12-26-20-21-27-13-5-6-16-30(27)24-26/h5-8,11,13,15-21,24,33-34H,1-4,9-10,12,14,22-23,25H2,(H,37,40)(H,38,39)(H,41,42). The number of unbranched alkanes of at least 4 members (excludes halogenated alkanes) is 4. The van der Waals surface area contributed by atoms with Gasteiger partial charge in [-0.2, -0.15) is 0 Å². The lowest BCUT2D eigenvalue weighted by molar-refractivity contribution is -0.172. The molecule has 0 radical (unpaired) electrons. The highest BCUT2D eigenvalue weighted by molar-refractivity contribution is 5.88. The summed E-state index contributed by atoms with van der Waals surface area (Å²) in [7, 11) is 0. The summed E-state index contributed by atoms with van der Waals surface area (Å²) in [6.45, 7) is -0.337. The lowest BCUT2D eigenvalue weighted by atomic mass is 10.00. The van der Waals surface area contributed by atoms with E-state index in [1.54, 1.807) is 0 Å². The van der Waals surface area contributed by atoms with Gasteiger partial charge in [0.25, 0.3) is 5.91 Å². The molecule has 4 aromatic carbocycles. The van der Waals surface area contributed by atoms with Crippen LogP contribution in [-0.4, -0.2) is 60.0 Å². The average Bonchev–Trinajstić information content (AvgIpc) is 3.03. The van der Waals surface area contributed by atoms with Crippen molar-refractivity contribution in [1.82, 2.24) is 5.32 Å². The molecule has 0 fully saturated rings. The van der Waals surface area contributed by atoms with Gasteiger partial charge in [-0.25, -0.2) is 9.59 Å². The first-order chi connectivity index (χ1) is 21.4. The van der Waals surface area contributed by atoms with Crippen molar-refractivity contribution in [3.05, 3.63) is 96.1 Å². The molecular weight excluding hydrogens is 558 g/mol. The Hall–Kier alpha value is -4.27. The molecule has 0 aliphatic carbocycles. The highest BCUT2D eigenvalue weighted by Crippen LogP contribution is 2.21. The van der Waals surface area contributed by atoms with E-state index in [1.165, 1.54) is 32.7 Å². The fourth-order valence-corrected chi connectivity index (χ4v) is 5.40. The molecule has 0 heterocycles. The molecule has 0 bridgehead atoms. The van der Waals surface area contributed by atoms with Gasteiger partial charge >= 0.3 is 11.9 Å². The quantitative estimate of drug-likeness (QED) is 0.110. The van der Waals surface area contributed by atoms with Crippen LogP contribution in [0.4, 0.5) is 0 Å². The van der Waals surface area contributed by atoms with E-state index in [1.807, 2.05) is 24.3 Å². The van der Waals surface area contributed by atoms with Gasteiger partial charge in [0.05, 0.1) is 0 Å². The highest BCUT2D eigenvalue weighted by atomic mass is 16.6. The van der Waals surface area contributed by atoms with Crippen molar-refractivity contribution in [2.24, 2.45) is 0 Å². The fourth-order valence-electron chi connectivity index (χ4n) is 5.40. The molecule has 2 unspecified atom stereocenters. The second-order valence-electron chi connectivity index (χ2n) is 11.0. The molecule has 4 aromatic rings. The molecule has 8 nitrogen and oxygen atoms in total. The van der Waals surface area contributed by atoms with Crippen LogP contribution in [0.2, 0.25) is 0 Å². The predicted octanol–water partition coefficient (Wildman–Crippen LogP) is 6.17. The van der Waals surface area contributed by atoms with Crippen LogP contribution in [0.25, 0.3) is 21.5 Å². The van der Waals surface area contributed by atoms with E-state index in [9.17, 15) is 19.5 Å². The monoisotopic (exact) mass is 599 g/mol. The Bertz CT molecular complexity index is 1530. The van der Waals surface area contributed by atoms with Crippen LogP contribution >= 0.6 is 0 Å². The average molecular weight is 600 g/mol. The zero-order chi connectivity index (χ0) is 31.1. The number of hydrogen-bond donors (Lipinski definition) is 3. The van der Waals surface area contributed by atoms with Gasteiger partial charge in [-0.3, -0.25) is 4.79 Å². The number of carboxylic acid groups (broad SMARTS) is 2. The molecule has 0 spiro atoms. The Kier molecular flexibility index (Phi) is 12.7. The van der Waals surface area contributed by atoms with Crippen molar-refractivity contribution in [1.29, 1.82) is 0 Å². The second-order valence-corrected chi connectivity index (χ2v) is 11.0. The summed E-state index contributed by atoms with van der Waals surface area (Å²) in [4.78, 5) is 36.0. The Morgan fingerprint density at radius 2 is 1.36 bits per heavy atom. The fraction of sp³-hybridized carbons (Fsp3) is 0.361. The first-order valence-corrected chi connectivity index (χ1v) is 15.3. The summed E-state index contributed by atoms with van der Waals surface area (Å²) in [5.41, 5.74) is 2.53. The number of aryl methyl sites for hydroxylation is 2. The van der Waals surface area contributed by atoms with E-state index in [0.29, 0.717) is 19.4 Å². The number of aliphatic carboxylic acids is 2. The molecule has 1 amide bonds. The molecule has 8 heteroatoms. The topological polar surface area (TPSA) is 122 Å². The molecule has 0 saturated carbocycles. The number of ether oxygens (including phenoxy) is 2. The smallest absolute Gasteiger partial charge is 0.336 e. The summed E-state index contributed by atoms with van der Waals surface area (Å²) in [5, 5.41) is 26.3. The van der Waals surface area contributed by atoms with Crippen molar-refractivity contribution >= 4 is 39.4 Å². The summed E-state index contributed by atoms with van der Waals surface area (Å²) in [6, 6.07) is 29.2. The summed E-state index contributed by atoms with van der Waals surface area (Å²) >= 11 is 0. The van der Waals surface area contributed by atoms with Gasteiger partial charge in [-0.05, 0) is 71.2 Å². The number of rotatable bonds is 19. The Labute approximate surface area is 258 Å². The second kappa shape index (κ2) is 17.1. The van der Waals surface area contributed by atoms with E-state index in [2.05, 4.69) is 66.0 Å². The summed E-state index contributed by atoms with van der Waals surface area (Å²) < 4.78 is 10.8. The number of amides is 1. The normalized spacial score (nSPS) is 12.6. The van der Waals surface area contributed by atoms with Gasteiger partial charge in [0.1, 0.15) is 6.61 Å². The molecule has 0 saturated heterocycles. The van der Waals surface area contributed by atoms with Crippen LogP contribution in [-0.2, 0) is 36.7 Å². The first-order valence-electron chi connectivity index (χ1n) is 15.3. The van der Waals surface area contributed by atoms with E-state index >= 15 is 0 Å². The Balaban J connectivity index is 1.22. The molecule has 0 aromatic heterocycles. The van der Waals surface area contributed by atoms with E-state index in [-0.39, 0.29) is 6.61 Å². The van der Waals surface area contributed by atoms with Crippen LogP contribution in [0, 0.1) is 0 Å². The van der Waals surface area contributed by atoms with Crippen LogP contribution < -0.4 is 5.32 Å². The molecule has 3 N–H and O–H groups in total. The minimum Gasteiger partial charge on any atom is -0.480 e. The largest absolute Gasteiger partial charge is 0.480 e. The molecular formula is C36H41NO7. The van der Waals surface area contributed by atoms with Gasteiger partial charge < -0.3 is 25.0 Å². The minimum absolute atomic E-state index is 0.152. The lowest BCUT2D eigenvalue weighted by Gasteiger charge is -2.23. The van der Waals surface area contributed by atoms with Crippen LogP contribution in [0.5, 0.6) is 0 Å². The number of hydrogen-bond acceptors (Lipinski definition) is 5. The predicted molar refractivity (Wildman–Crippen MR) is 171 cm³/mol. The Morgan fingerprint density at radius 1 is 0.659 bits per heavy atom. The van der Waals surface area contributed by atoms with E-state index < -0.39 is 36.7 Å². The third kappa shape index (κ3) is 9.89. The molecule has 0 aliphatic rings. The van der Waals surface area contributed by atoms with Crippen molar-refractivity contribution < 1.29 is 34.1 Å². The van der Waals surface area contributed by atoms with Crippen molar-refractivity contribution in [2.45, 2.75) is 63.6 Å². The maximum Gasteiger partial charge on any atom is 0.336 e. The molecule has 4 rings (SSSR count). The van der Waals surface area contributed by atoms with Crippen molar-refractivity contribution in [3.63, 3.8) is 0 Å². The van der Waals surface area contributed by atoms with Gasteiger partial charge in [0.15, 0.2) is 12.2 Å². The van der Waals surface area contributed by atoms with Crippen molar-refractivity contribution in [2.75, 3.05) is 19.8 Å². The number of carbonyl (C=O) groups is 3. The molecule has 0 aliphatic heterocycles. The number of fused-ring (bicyclic) bond motifs is 2. The third-order valence-corrected chi connectivity index (χ3v) is 7.69.